The number of carbonyl (C=O) groups is 2. The molecule has 2 rings (SSSR count). The van der Waals surface area contributed by atoms with Crippen molar-refractivity contribution in [3.05, 3.63) is 55.2 Å². The number of aromatic carboxylic acids is 1. The zero-order chi connectivity index (χ0) is 15.4. The number of benzene rings is 2. The Morgan fingerprint density at radius 1 is 0.952 bits per heavy atom. The van der Waals surface area contributed by atoms with Crippen LogP contribution in [-0.4, -0.2) is 17.1 Å². The first-order valence-corrected chi connectivity index (χ1v) is 7.98. The van der Waals surface area contributed by atoms with E-state index in [0.717, 1.165) is 7.14 Å². The number of halogens is 2. The zero-order valence-corrected chi connectivity index (χ0v) is 14.9. The highest BCUT2D eigenvalue weighted by atomic mass is 127. The van der Waals surface area contributed by atoms with Crippen molar-refractivity contribution in [2.24, 2.45) is 0 Å². The third-order valence-electron chi connectivity index (χ3n) is 2.54. The average molecular weight is 508 g/mol. The summed E-state index contributed by atoms with van der Waals surface area (Å²) < 4.78 is 1.78. The molecule has 0 radical (unpaired) electrons. The second kappa shape index (κ2) is 7.07. The highest BCUT2D eigenvalue weighted by Gasteiger charge is 2.13. The molecule has 0 aromatic heterocycles. The van der Waals surface area contributed by atoms with Crippen LogP contribution in [-0.2, 0) is 0 Å². The van der Waals surface area contributed by atoms with Crippen molar-refractivity contribution in [2.75, 3.05) is 10.6 Å². The Morgan fingerprint density at radius 3 is 2.33 bits per heavy atom. The van der Waals surface area contributed by atoms with E-state index in [2.05, 4.69) is 33.2 Å². The molecule has 0 unspecified atom stereocenters. The molecule has 108 valence electrons. The molecule has 0 aliphatic carbocycles. The Bertz CT molecular complexity index is 704. The summed E-state index contributed by atoms with van der Waals surface area (Å²) in [7, 11) is 0. The molecule has 2 aromatic carbocycles. The van der Waals surface area contributed by atoms with Crippen LogP contribution in [0.25, 0.3) is 0 Å². The van der Waals surface area contributed by atoms with Crippen LogP contribution in [0.1, 0.15) is 10.4 Å². The van der Waals surface area contributed by atoms with Crippen molar-refractivity contribution in [3.63, 3.8) is 0 Å². The normalized spacial score (nSPS) is 10.0. The van der Waals surface area contributed by atoms with E-state index in [-0.39, 0.29) is 11.3 Å². The fourth-order valence-electron chi connectivity index (χ4n) is 1.65. The fourth-order valence-corrected chi connectivity index (χ4v) is 2.69. The summed E-state index contributed by atoms with van der Waals surface area (Å²) in [5.41, 5.74) is 0.951. The van der Waals surface area contributed by atoms with Gasteiger partial charge >= 0.3 is 12.0 Å². The maximum absolute atomic E-state index is 11.9. The second-order valence-electron chi connectivity index (χ2n) is 4.08. The molecule has 0 fully saturated rings. The van der Waals surface area contributed by atoms with Crippen molar-refractivity contribution in [1.82, 2.24) is 0 Å². The number of hydrogen-bond acceptors (Lipinski definition) is 2. The van der Waals surface area contributed by atoms with Crippen molar-refractivity contribution in [2.45, 2.75) is 0 Å². The van der Waals surface area contributed by atoms with Gasteiger partial charge in [-0.3, -0.25) is 0 Å². The van der Waals surface area contributed by atoms with Gasteiger partial charge < -0.3 is 15.7 Å². The molecular weight excluding hydrogens is 498 g/mol. The summed E-state index contributed by atoms with van der Waals surface area (Å²) in [6.07, 6.45) is 0. The summed E-state index contributed by atoms with van der Waals surface area (Å²) in [6, 6.07) is 11.6. The highest BCUT2D eigenvalue weighted by Crippen LogP contribution is 2.19. The van der Waals surface area contributed by atoms with Gasteiger partial charge in [0.05, 0.1) is 11.3 Å². The maximum Gasteiger partial charge on any atom is 0.337 e. The fraction of sp³-hybridized carbons (Fsp3) is 0. The number of carbonyl (C=O) groups excluding carboxylic acids is 1. The first-order valence-electron chi connectivity index (χ1n) is 5.82. The van der Waals surface area contributed by atoms with Crippen molar-refractivity contribution >= 4 is 68.6 Å². The number of urea groups is 1. The van der Waals surface area contributed by atoms with Crippen LogP contribution >= 0.6 is 45.2 Å². The first kappa shape index (κ1) is 16.0. The predicted octanol–water partition coefficient (Wildman–Crippen LogP) is 4.24. The molecule has 0 atom stereocenters. The molecule has 2 aromatic rings. The molecule has 3 N–H and O–H groups in total. The van der Waals surface area contributed by atoms with Crippen LogP contribution < -0.4 is 10.6 Å². The van der Waals surface area contributed by atoms with Crippen LogP contribution in [0, 0.1) is 7.14 Å². The lowest BCUT2D eigenvalue weighted by Crippen LogP contribution is -2.21. The molecule has 5 nitrogen and oxygen atoms in total. The lowest BCUT2D eigenvalue weighted by molar-refractivity contribution is 0.0698. The minimum atomic E-state index is -1.09. The first-order chi connectivity index (χ1) is 9.95. The Kier molecular flexibility index (Phi) is 5.39. The van der Waals surface area contributed by atoms with E-state index in [9.17, 15) is 9.59 Å². The zero-order valence-electron chi connectivity index (χ0n) is 10.6. The van der Waals surface area contributed by atoms with Gasteiger partial charge in [-0.05, 0) is 81.6 Å². The monoisotopic (exact) mass is 508 g/mol. The van der Waals surface area contributed by atoms with E-state index in [1.807, 2.05) is 40.8 Å². The Hall–Kier alpha value is -1.36. The van der Waals surface area contributed by atoms with Gasteiger partial charge in [-0.2, -0.15) is 0 Å². The average Bonchev–Trinajstić information content (AvgIpc) is 2.40. The second-order valence-corrected chi connectivity index (χ2v) is 6.58. The molecule has 0 bridgehead atoms. The SMILES string of the molecule is O=C(Nc1cccc(I)c1)Nc1ccc(I)cc1C(=O)O. The summed E-state index contributed by atoms with van der Waals surface area (Å²) in [4.78, 5) is 23.1. The number of amides is 2. The summed E-state index contributed by atoms with van der Waals surface area (Å²) in [5, 5.41) is 14.4. The lowest BCUT2D eigenvalue weighted by atomic mass is 10.2. The summed E-state index contributed by atoms with van der Waals surface area (Å²) in [5.74, 6) is -1.09. The van der Waals surface area contributed by atoms with Gasteiger partial charge in [-0.15, -0.1) is 0 Å². The van der Waals surface area contributed by atoms with Crippen molar-refractivity contribution in [1.29, 1.82) is 0 Å². The number of carboxylic acids is 1. The number of nitrogens with one attached hydrogen (secondary N) is 2. The molecule has 7 heteroatoms. The molecule has 0 saturated heterocycles. The molecule has 2 amide bonds. The van der Waals surface area contributed by atoms with Crippen molar-refractivity contribution in [3.8, 4) is 0 Å². The van der Waals surface area contributed by atoms with Gasteiger partial charge in [0.25, 0.3) is 0 Å². The Labute approximate surface area is 148 Å². The van der Waals surface area contributed by atoms with Gasteiger partial charge in [0.15, 0.2) is 0 Å². The third kappa shape index (κ3) is 4.56. The lowest BCUT2D eigenvalue weighted by Gasteiger charge is -2.10. The molecule has 0 saturated carbocycles. The number of rotatable bonds is 3. The van der Waals surface area contributed by atoms with Crippen LogP contribution in [0.2, 0.25) is 0 Å². The van der Waals surface area contributed by atoms with E-state index in [1.54, 1.807) is 18.2 Å². The smallest absolute Gasteiger partial charge is 0.337 e. The van der Waals surface area contributed by atoms with Gasteiger partial charge in [0.1, 0.15) is 0 Å². The molecular formula is C14H10I2N2O3. The molecule has 0 heterocycles. The van der Waals surface area contributed by atoms with E-state index >= 15 is 0 Å². The number of carboxylic acid groups (broad SMARTS) is 1. The number of anilines is 2. The summed E-state index contributed by atoms with van der Waals surface area (Å²) >= 11 is 4.16. The molecule has 0 aliphatic rings. The Balaban J connectivity index is 2.15. The van der Waals surface area contributed by atoms with Crippen LogP contribution in [0.15, 0.2) is 42.5 Å². The predicted molar refractivity (Wildman–Crippen MR) is 97.9 cm³/mol. The van der Waals surface area contributed by atoms with Crippen LogP contribution in [0.3, 0.4) is 0 Å². The minimum absolute atomic E-state index is 0.0553. The minimum Gasteiger partial charge on any atom is -0.478 e. The van der Waals surface area contributed by atoms with E-state index < -0.39 is 12.0 Å². The number of hydrogen-bond donors (Lipinski definition) is 3. The largest absolute Gasteiger partial charge is 0.478 e. The van der Waals surface area contributed by atoms with E-state index in [4.69, 9.17) is 5.11 Å². The van der Waals surface area contributed by atoms with Crippen LogP contribution in [0.4, 0.5) is 16.2 Å². The Morgan fingerprint density at radius 2 is 1.67 bits per heavy atom. The van der Waals surface area contributed by atoms with E-state index in [0.29, 0.717) is 5.69 Å². The highest BCUT2D eigenvalue weighted by molar-refractivity contribution is 14.1. The molecule has 21 heavy (non-hydrogen) atoms. The standard InChI is InChI=1S/C14H10I2N2O3/c15-8-2-1-3-10(6-8)17-14(21)18-12-5-4-9(16)7-11(12)13(19)20/h1-7H,(H,19,20)(H2,17,18,21). The van der Waals surface area contributed by atoms with Gasteiger partial charge in [0.2, 0.25) is 0 Å². The molecule has 0 spiro atoms. The van der Waals surface area contributed by atoms with E-state index in [1.165, 1.54) is 6.07 Å². The van der Waals surface area contributed by atoms with Crippen molar-refractivity contribution < 1.29 is 14.7 Å². The maximum atomic E-state index is 11.9. The third-order valence-corrected chi connectivity index (χ3v) is 3.88. The van der Waals surface area contributed by atoms with Crippen LogP contribution in [0.5, 0.6) is 0 Å². The summed E-state index contributed by atoms with van der Waals surface area (Å²) in [6.45, 7) is 0. The van der Waals surface area contributed by atoms with Gasteiger partial charge in [0, 0.05) is 12.8 Å². The van der Waals surface area contributed by atoms with Gasteiger partial charge in [-0.25, -0.2) is 9.59 Å². The quantitative estimate of drug-likeness (QED) is 0.544. The van der Waals surface area contributed by atoms with Gasteiger partial charge in [-0.1, -0.05) is 6.07 Å². The topological polar surface area (TPSA) is 78.4 Å². The molecule has 0 aliphatic heterocycles.